The van der Waals surface area contributed by atoms with Crippen LogP contribution in [-0.2, 0) is 4.79 Å². The fourth-order valence-corrected chi connectivity index (χ4v) is 2.85. The first kappa shape index (κ1) is 15.4. The van der Waals surface area contributed by atoms with Crippen molar-refractivity contribution in [3.63, 3.8) is 0 Å². The number of rotatable bonds is 4. The van der Waals surface area contributed by atoms with Gasteiger partial charge in [0.25, 0.3) is 0 Å². The second-order valence-electron chi connectivity index (χ2n) is 6.50. The first-order valence-corrected chi connectivity index (χ1v) is 6.94. The normalized spacial score (nSPS) is 31.4. The predicted octanol–water partition coefficient (Wildman–Crippen LogP) is 1.06. The number of carbonyl (C=O) groups excluding carboxylic acids is 1. The maximum Gasteiger partial charge on any atom is 0.223 e. The van der Waals surface area contributed by atoms with Crippen molar-refractivity contribution < 1.29 is 4.79 Å². The highest BCUT2D eigenvalue weighted by Crippen LogP contribution is 2.44. The van der Waals surface area contributed by atoms with E-state index in [4.69, 9.17) is 5.73 Å². The topological polar surface area (TPSA) is 58.4 Å². The Kier molecular flexibility index (Phi) is 5.17. The van der Waals surface area contributed by atoms with Crippen molar-refractivity contribution in [2.45, 2.75) is 39.7 Å². The first-order chi connectivity index (χ1) is 8.26. The summed E-state index contributed by atoms with van der Waals surface area (Å²) in [6.07, 6.45) is 1.86. The van der Waals surface area contributed by atoms with Crippen LogP contribution < -0.4 is 11.1 Å². The van der Waals surface area contributed by atoms with Crippen molar-refractivity contribution in [1.82, 2.24) is 10.2 Å². The number of nitrogens with zero attached hydrogens (tertiary/aromatic N) is 1. The monoisotopic (exact) mass is 255 g/mol. The molecular weight excluding hydrogens is 226 g/mol. The maximum atomic E-state index is 12.3. The number of nitrogens with two attached hydrogens (primary N) is 1. The molecule has 4 nitrogen and oxygen atoms in total. The van der Waals surface area contributed by atoms with Gasteiger partial charge in [-0.2, -0.15) is 0 Å². The highest BCUT2D eigenvalue weighted by atomic mass is 16.1. The Morgan fingerprint density at radius 2 is 2.00 bits per heavy atom. The molecule has 0 aromatic heterocycles. The highest BCUT2D eigenvalue weighted by molar-refractivity contribution is 5.79. The van der Waals surface area contributed by atoms with E-state index in [0.29, 0.717) is 5.92 Å². The van der Waals surface area contributed by atoms with Gasteiger partial charge in [-0.15, -0.1) is 0 Å². The van der Waals surface area contributed by atoms with E-state index in [2.05, 4.69) is 31.0 Å². The van der Waals surface area contributed by atoms with E-state index >= 15 is 0 Å². The van der Waals surface area contributed by atoms with E-state index in [-0.39, 0.29) is 23.3 Å². The number of carbonyl (C=O) groups is 1. The van der Waals surface area contributed by atoms with Crippen molar-refractivity contribution in [1.29, 1.82) is 0 Å². The molecule has 1 aliphatic rings. The zero-order valence-corrected chi connectivity index (χ0v) is 12.5. The summed E-state index contributed by atoms with van der Waals surface area (Å²) in [5.74, 6) is 0.672. The van der Waals surface area contributed by atoms with E-state index in [0.717, 1.165) is 25.9 Å². The lowest BCUT2D eigenvalue weighted by Gasteiger charge is -2.46. The van der Waals surface area contributed by atoms with Gasteiger partial charge >= 0.3 is 0 Å². The number of hydrogen-bond donors (Lipinski definition) is 2. The first-order valence-electron chi connectivity index (χ1n) is 6.94. The van der Waals surface area contributed by atoms with Crippen molar-refractivity contribution in [2.75, 3.05) is 27.2 Å². The van der Waals surface area contributed by atoms with Crippen molar-refractivity contribution >= 4 is 5.91 Å². The molecule has 1 aliphatic carbocycles. The van der Waals surface area contributed by atoms with Crippen molar-refractivity contribution in [3.05, 3.63) is 0 Å². The molecule has 0 aliphatic heterocycles. The molecule has 3 N–H and O–H groups in total. The average molecular weight is 255 g/mol. The van der Waals surface area contributed by atoms with Gasteiger partial charge in [0.15, 0.2) is 0 Å². The summed E-state index contributed by atoms with van der Waals surface area (Å²) in [7, 11) is 4.02. The molecule has 4 heteroatoms. The van der Waals surface area contributed by atoms with Gasteiger partial charge in [-0.1, -0.05) is 20.8 Å². The minimum Gasteiger partial charge on any atom is -0.355 e. The molecule has 1 saturated carbocycles. The van der Waals surface area contributed by atoms with Crippen LogP contribution in [0.2, 0.25) is 0 Å². The van der Waals surface area contributed by atoms with E-state index in [1.54, 1.807) is 0 Å². The molecule has 3 unspecified atom stereocenters. The Hall–Kier alpha value is -0.610. The molecule has 0 aromatic carbocycles. The van der Waals surface area contributed by atoms with E-state index < -0.39 is 0 Å². The zero-order valence-electron chi connectivity index (χ0n) is 12.5. The highest BCUT2D eigenvalue weighted by Gasteiger charge is 2.44. The Morgan fingerprint density at radius 3 is 2.56 bits per heavy atom. The summed E-state index contributed by atoms with van der Waals surface area (Å²) in [4.78, 5) is 14.4. The number of nitrogens with one attached hydrogen (secondary N) is 1. The van der Waals surface area contributed by atoms with Gasteiger partial charge in [-0.05, 0) is 38.3 Å². The molecule has 0 aromatic rings. The zero-order chi connectivity index (χ0) is 13.9. The lowest BCUT2D eigenvalue weighted by atomic mass is 9.61. The standard InChI is InChI=1S/C14H29N3O/c1-10-12(15)7-6-11(14(10,2)3)13(18)16-8-9-17(4)5/h10-12H,6-9,15H2,1-5H3,(H,16,18). The summed E-state index contributed by atoms with van der Waals surface area (Å²) in [6, 6.07) is 0.228. The van der Waals surface area contributed by atoms with Crippen LogP contribution in [0, 0.1) is 17.3 Å². The minimum absolute atomic E-state index is 0.0140. The Balaban J connectivity index is 2.57. The summed E-state index contributed by atoms with van der Waals surface area (Å²) in [5, 5.41) is 3.05. The fraction of sp³-hybridized carbons (Fsp3) is 0.929. The molecule has 1 amide bonds. The number of likely N-dealkylation sites (N-methyl/N-ethyl adjacent to an activating group) is 1. The third-order valence-electron chi connectivity index (χ3n) is 4.68. The van der Waals surface area contributed by atoms with Gasteiger partial charge in [0.1, 0.15) is 0 Å². The molecule has 0 bridgehead atoms. The third-order valence-corrected chi connectivity index (χ3v) is 4.68. The third kappa shape index (κ3) is 3.45. The molecular formula is C14H29N3O. The Morgan fingerprint density at radius 1 is 1.39 bits per heavy atom. The van der Waals surface area contributed by atoms with E-state index in [1.165, 1.54) is 0 Å². The molecule has 1 fully saturated rings. The lowest BCUT2D eigenvalue weighted by Crippen LogP contribution is -2.52. The lowest BCUT2D eigenvalue weighted by molar-refractivity contribution is -0.132. The molecule has 3 atom stereocenters. The van der Waals surface area contributed by atoms with Crippen LogP contribution in [-0.4, -0.2) is 44.0 Å². The van der Waals surface area contributed by atoms with Gasteiger partial charge in [-0.3, -0.25) is 4.79 Å². The Labute approximate surface area is 111 Å². The van der Waals surface area contributed by atoms with Gasteiger partial charge in [0.05, 0.1) is 0 Å². The SMILES string of the molecule is CC1C(N)CCC(C(=O)NCCN(C)C)C1(C)C. The molecule has 0 heterocycles. The van der Waals surface area contributed by atoms with Crippen LogP contribution in [0.1, 0.15) is 33.6 Å². The quantitative estimate of drug-likeness (QED) is 0.790. The molecule has 0 spiro atoms. The molecule has 0 radical (unpaired) electrons. The summed E-state index contributed by atoms with van der Waals surface area (Å²) in [5.41, 5.74) is 6.10. The summed E-state index contributed by atoms with van der Waals surface area (Å²) in [6.45, 7) is 8.12. The van der Waals surface area contributed by atoms with Crippen LogP contribution in [0.5, 0.6) is 0 Å². The second-order valence-corrected chi connectivity index (χ2v) is 6.50. The van der Waals surface area contributed by atoms with Crippen LogP contribution >= 0.6 is 0 Å². The molecule has 18 heavy (non-hydrogen) atoms. The van der Waals surface area contributed by atoms with Crippen LogP contribution in [0.4, 0.5) is 0 Å². The predicted molar refractivity (Wildman–Crippen MR) is 75.2 cm³/mol. The fourth-order valence-electron chi connectivity index (χ4n) is 2.85. The minimum atomic E-state index is -0.0140. The van der Waals surface area contributed by atoms with Gasteiger partial charge < -0.3 is 16.0 Å². The van der Waals surface area contributed by atoms with Crippen LogP contribution in [0.25, 0.3) is 0 Å². The number of amides is 1. The largest absolute Gasteiger partial charge is 0.355 e. The Bertz CT molecular complexity index is 289. The number of hydrogen-bond acceptors (Lipinski definition) is 3. The molecule has 0 saturated heterocycles. The second kappa shape index (κ2) is 6.02. The van der Waals surface area contributed by atoms with Gasteiger partial charge in [0, 0.05) is 25.0 Å². The smallest absolute Gasteiger partial charge is 0.223 e. The molecule has 106 valence electrons. The van der Waals surface area contributed by atoms with Crippen LogP contribution in [0.15, 0.2) is 0 Å². The van der Waals surface area contributed by atoms with Crippen molar-refractivity contribution in [2.24, 2.45) is 23.0 Å². The summed E-state index contributed by atoms with van der Waals surface area (Å²) >= 11 is 0. The van der Waals surface area contributed by atoms with Gasteiger partial charge in [0.2, 0.25) is 5.91 Å². The van der Waals surface area contributed by atoms with E-state index in [1.807, 2.05) is 14.1 Å². The molecule has 1 rings (SSSR count). The van der Waals surface area contributed by atoms with Gasteiger partial charge in [-0.25, -0.2) is 0 Å². The van der Waals surface area contributed by atoms with Crippen LogP contribution in [0.3, 0.4) is 0 Å². The summed E-state index contributed by atoms with van der Waals surface area (Å²) < 4.78 is 0. The van der Waals surface area contributed by atoms with Crippen molar-refractivity contribution in [3.8, 4) is 0 Å². The average Bonchev–Trinajstić information content (AvgIpc) is 2.25. The maximum absolute atomic E-state index is 12.3. The van der Waals surface area contributed by atoms with E-state index in [9.17, 15) is 4.79 Å².